The number of nitrogens with one attached hydrogen (secondary N) is 1. The van der Waals surface area contributed by atoms with Gasteiger partial charge in [0.25, 0.3) is 15.9 Å². The number of hydrogen-bond donors (Lipinski definition) is 1. The van der Waals surface area contributed by atoms with Crippen LogP contribution in [0, 0.1) is 5.82 Å². The van der Waals surface area contributed by atoms with Gasteiger partial charge in [-0.1, -0.05) is 6.92 Å². The van der Waals surface area contributed by atoms with Crippen molar-refractivity contribution in [1.82, 2.24) is 9.47 Å². The summed E-state index contributed by atoms with van der Waals surface area (Å²) in [7, 11) is -3.84. The van der Waals surface area contributed by atoms with Crippen LogP contribution in [0.3, 0.4) is 0 Å². The second kappa shape index (κ2) is 6.27. The first-order valence-electron chi connectivity index (χ1n) is 7.68. The SMILES string of the molecule is CCCN1CCn2cc(S(=O)(=O)Nc3ccc(F)cc3)cc2C1=O. The number of nitrogens with zero attached hydrogens (tertiary/aromatic N) is 2. The monoisotopic (exact) mass is 351 g/mol. The molecule has 1 aromatic carbocycles. The quantitative estimate of drug-likeness (QED) is 0.898. The molecule has 2 heterocycles. The Morgan fingerprint density at radius 1 is 1.21 bits per heavy atom. The molecular formula is C16H18FN3O3S. The zero-order chi connectivity index (χ0) is 17.3. The number of sulfonamides is 1. The lowest BCUT2D eigenvalue weighted by Crippen LogP contribution is -2.40. The molecule has 0 aliphatic carbocycles. The van der Waals surface area contributed by atoms with Gasteiger partial charge in [0, 0.05) is 31.5 Å². The van der Waals surface area contributed by atoms with E-state index in [-0.39, 0.29) is 16.5 Å². The Hall–Kier alpha value is -2.35. The van der Waals surface area contributed by atoms with Gasteiger partial charge >= 0.3 is 0 Å². The third-order valence-corrected chi connectivity index (χ3v) is 5.24. The fraction of sp³-hybridized carbons (Fsp3) is 0.312. The van der Waals surface area contributed by atoms with Gasteiger partial charge in [-0.05, 0) is 36.8 Å². The van der Waals surface area contributed by atoms with Crippen molar-refractivity contribution in [2.24, 2.45) is 0 Å². The number of carbonyl (C=O) groups excluding carboxylic acids is 1. The molecule has 1 aliphatic heterocycles. The van der Waals surface area contributed by atoms with Crippen molar-refractivity contribution in [2.45, 2.75) is 24.8 Å². The predicted octanol–water partition coefficient (Wildman–Crippen LogP) is 2.29. The second-order valence-corrected chi connectivity index (χ2v) is 7.34. The third kappa shape index (κ3) is 3.14. The van der Waals surface area contributed by atoms with E-state index in [4.69, 9.17) is 0 Å². The van der Waals surface area contributed by atoms with Crippen molar-refractivity contribution in [3.63, 3.8) is 0 Å². The van der Waals surface area contributed by atoms with E-state index >= 15 is 0 Å². The van der Waals surface area contributed by atoms with Crippen molar-refractivity contribution >= 4 is 21.6 Å². The minimum Gasteiger partial charge on any atom is -0.340 e. The third-order valence-electron chi connectivity index (χ3n) is 3.89. The molecule has 1 amide bonds. The number of aromatic nitrogens is 1. The molecule has 2 aromatic rings. The summed E-state index contributed by atoms with van der Waals surface area (Å²) in [5.41, 5.74) is 0.633. The molecule has 24 heavy (non-hydrogen) atoms. The molecule has 0 atom stereocenters. The van der Waals surface area contributed by atoms with Gasteiger partial charge in [0.2, 0.25) is 0 Å². The van der Waals surface area contributed by atoms with Gasteiger partial charge in [-0.15, -0.1) is 0 Å². The highest BCUT2D eigenvalue weighted by Gasteiger charge is 2.27. The molecule has 0 bridgehead atoms. The summed E-state index contributed by atoms with van der Waals surface area (Å²) in [6.07, 6.45) is 2.31. The Labute approximate surface area is 139 Å². The van der Waals surface area contributed by atoms with E-state index in [1.807, 2.05) is 6.92 Å². The van der Waals surface area contributed by atoms with Crippen LogP contribution in [0.15, 0.2) is 41.4 Å². The maximum absolute atomic E-state index is 12.9. The van der Waals surface area contributed by atoms with Gasteiger partial charge in [-0.3, -0.25) is 9.52 Å². The summed E-state index contributed by atoms with van der Waals surface area (Å²) in [6.45, 7) is 3.77. The number of amides is 1. The zero-order valence-electron chi connectivity index (χ0n) is 13.2. The van der Waals surface area contributed by atoms with Gasteiger partial charge in [-0.2, -0.15) is 0 Å². The first-order valence-corrected chi connectivity index (χ1v) is 9.17. The van der Waals surface area contributed by atoms with Gasteiger partial charge in [0.05, 0.1) is 0 Å². The van der Waals surface area contributed by atoms with Crippen molar-refractivity contribution in [3.05, 3.63) is 48.0 Å². The van der Waals surface area contributed by atoms with Gasteiger partial charge in [0.1, 0.15) is 16.4 Å². The highest BCUT2D eigenvalue weighted by atomic mass is 32.2. The minimum atomic E-state index is -3.84. The highest BCUT2D eigenvalue weighted by Crippen LogP contribution is 2.22. The average molecular weight is 351 g/mol. The van der Waals surface area contributed by atoms with E-state index in [1.54, 1.807) is 9.47 Å². The summed E-state index contributed by atoms with van der Waals surface area (Å²) in [6, 6.07) is 6.42. The summed E-state index contributed by atoms with van der Waals surface area (Å²) < 4.78 is 41.9. The van der Waals surface area contributed by atoms with Crippen LogP contribution >= 0.6 is 0 Å². The topological polar surface area (TPSA) is 71.4 Å². The molecule has 0 spiro atoms. The van der Waals surface area contributed by atoms with E-state index in [2.05, 4.69) is 4.72 Å². The van der Waals surface area contributed by atoms with Gasteiger partial charge in [0.15, 0.2) is 0 Å². The smallest absolute Gasteiger partial charge is 0.270 e. The number of hydrogen-bond acceptors (Lipinski definition) is 3. The van der Waals surface area contributed by atoms with E-state index in [0.29, 0.717) is 25.3 Å². The summed E-state index contributed by atoms with van der Waals surface area (Å²) in [5.74, 6) is -0.606. The highest BCUT2D eigenvalue weighted by molar-refractivity contribution is 7.92. The fourth-order valence-corrected chi connectivity index (χ4v) is 3.80. The number of fused-ring (bicyclic) bond motifs is 1. The van der Waals surface area contributed by atoms with E-state index < -0.39 is 15.8 Å². The largest absolute Gasteiger partial charge is 0.340 e. The minimum absolute atomic E-state index is 0.0218. The molecule has 8 heteroatoms. The summed E-state index contributed by atoms with van der Waals surface area (Å²) in [4.78, 5) is 14.1. The maximum atomic E-state index is 12.9. The van der Waals surface area contributed by atoms with Crippen molar-refractivity contribution < 1.29 is 17.6 Å². The van der Waals surface area contributed by atoms with Crippen LogP contribution in [0.4, 0.5) is 10.1 Å². The lowest BCUT2D eigenvalue weighted by Gasteiger charge is -2.27. The lowest BCUT2D eigenvalue weighted by molar-refractivity contribution is 0.0705. The molecule has 6 nitrogen and oxygen atoms in total. The first kappa shape index (κ1) is 16.5. The Bertz CT molecular complexity index is 859. The van der Waals surface area contributed by atoms with Crippen LogP contribution in [0.2, 0.25) is 0 Å². The normalized spacial score (nSPS) is 14.6. The number of rotatable bonds is 5. The number of benzene rings is 1. The summed E-state index contributed by atoms with van der Waals surface area (Å²) in [5, 5.41) is 0. The number of carbonyl (C=O) groups is 1. The Kier molecular flexibility index (Phi) is 4.31. The standard InChI is InChI=1S/C16H18FN3O3S/c1-2-7-19-8-9-20-11-14(10-15(20)16(19)21)24(22,23)18-13-5-3-12(17)4-6-13/h3-6,10-11,18H,2,7-9H2,1H3. The zero-order valence-corrected chi connectivity index (χ0v) is 14.0. The molecule has 0 saturated heterocycles. The number of halogens is 1. The van der Waals surface area contributed by atoms with E-state index in [1.165, 1.54) is 36.5 Å². The molecule has 3 rings (SSSR count). The van der Waals surface area contributed by atoms with E-state index in [9.17, 15) is 17.6 Å². The molecule has 128 valence electrons. The molecule has 0 radical (unpaired) electrons. The predicted molar refractivity (Wildman–Crippen MR) is 87.8 cm³/mol. The molecule has 0 saturated carbocycles. The Morgan fingerprint density at radius 3 is 2.58 bits per heavy atom. The van der Waals surface area contributed by atoms with Gasteiger partial charge < -0.3 is 9.47 Å². The fourth-order valence-electron chi connectivity index (χ4n) is 2.70. The molecule has 1 N–H and O–H groups in total. The van der Waals surface area contributed by atoms with E-state index in [0.717, 1.165) is 6.42 Å². The van der Waals surface area contributed by atoms with Crippen LogP contribution in [-0.4, -0.2) is 36.9 Å². The molecule has 1 aromatic heterocycles. The number of anilines is 1. The van der Waals surface area contributed by atoms with Crippen LogP contribution in [0.5, 0.6) is 0 Å². The Morgan fingerprint density at radius 2 is 1.92 bits per heavy atom. The average Bonchev–Trinajstić information content (AvgIpc) is 2.98. The van der Waals surface area contributed by atoms with Crippen LogP contribution in [0.25, 0.3) is 0 Å². The van der Waals surface area contributed by atoms with Crippen molar-refractivity contribution in [1.29, 1.82) is 0 Å². The summed E-state index contributed by atoms with van der Waals surface area (Å²) >= 11 is 0. The van der Waals surface area contributed by atoms with Crippen LogP contribution < -0.4 is 4.72 Å². The molecule has 1 aliphatic rings. The van der Waals surface area contributed by atoms with Crippen molar-refractivity contribution in [3.8, 4) is 0 Å². The van der Waals surface area contributed by atoms with Crippen LogP contribution in [-0.2, 0) is 16.6 Å². The maximum Gasteiger partial charge on any atom is 0.270 e. The molecule has 0 fully saturated rings. The second-order valence-electron chi connectivity index (χ2n) is 5.66. The van der Waals surface area contributed by atoms with Crippen LogP contribution in [0.1, 0.15) is 23.8 Å². The first-order chi connectivity index (χ1) is 11.4. The Balaban J connectivity index is 1.86. The lowest BCUT2D eigenvalue weighted by atomic mass is 10.2. The molecular weight excluding hydrogens is 333 g/mol. The van der Waals surface area contributed by atoms with Gasteiger partial charge in [-0.25, -0.2) is 12.8 Å². The molecule has 0 unspecified atom stereocenters. The van der Waals surface area contributed by atoms with Crippen molar-refractivity contribution in [2.75, 3.05) is 17.8 Å².